The van der Waals surface area contributed by atoms with Gasteiger partial charge in [0.05, 0.1) is 11.4 Å². The lowest BCUT2D eigenvalue weighted by atomic mass is 10.1. The molecule has 0 aliphatic rings. The molecule has 5 heteroatoms. The lowest BCUT2D eigenvalue weighted by Crippen LogP contribution is -2.31. The molecule has 0 bridgehead atoms. The van der Waals surface area contributed by atoms with Gasteiger partial charge in [-0.1, -0.05) is 25.1 Å². The molecule has 0 unspecified atom stereocenters. The van der Waals surface area contributed by atoms with Gasteiger partial charge < -0.3 is 5.73 Å². The van der Waals surface area contributed by atoms with Gasteiger partial charge in [-0.25, -0.2) is 8.42 Å². The molecule has 2 N–H and O–H groups in total. The van der Waals surface area contributed by atoms with Gasteiger partial charge in [-0.05, 0) is 37.4 Å². The fourth-order valence-electron chi connectivity index (χ4n) is 2.00. The monoisotopic (exact) mass is 270 g/mol. The highest BCUT2D eigenvalue weighted by Crippen LogP contribution is 2.27. The first-order valence-electron chi connectivity index (χ1n) is 6.19. The molecule has 0 heterocycles. The van der Waals surface area contributed by atoms with Crippen molar-refractivity contribution < 1.29 is 8.42 Å². The largest absolute Gasteiger partial charge is 0.330 e. The Morgan fingerprint density at radius 1 is 1.33 bits per heavy atom. The van der Waals surface area contributed by atoms with E-state index in [4.69, 9.17) is 5.73 Å². The first-order valence-corrected chi connectivity index (χ1v) is 7.80. The van der Waals surface area contributed by atoms with Crippen molar-refractivity contribution in [2.24, 2.45) is 5.73 Å². The van der Waals surface area contributed by atoms with E-state index in [1.54, 1.807) is 7.05 Å². The molecule has 0 amide bonds. The summed E-state index contributed by atoms with van der Waals surface area (Å²) in [5.74, 6) is 0.0947. The van der Waals surface area contributed by atoms with Crippen LogP contribution < -0.4 is 10.0 Å². The number of rotatable bonds is 6. The molecule has 1 aromatic rings. The van der Waals surface area contributed by atoms with Crippen LogP contribution in [0.1, 0.15) is 24.5 Å². The van der Waals surface area contributed by atoms with E-state index >= 15 is 0 Å². The van der Waals surface area contributed by atoms with Crippen molar-refractivity contribution >= 4 is 15.7 Å². The highest BCUT2D eigenvalue weighted by atomic mass is 32.2. The van der Waals surface area contributed by atoms with Gasteiger partial charge in [-0.3, -0.25) is 4.31 Å². The normalized spacial score (nSPS) is 11.6. The molecule has 0 spiro atoms. The van der Waals surface area contributed by atoms with Crippen LogP contribution in [-0.4, -0.2) is 27.8 Å². The second-order valence-electron chi connectivity index (χ2n) is 4.36. The topological polar surface area (TPSA) is 63.4 Å². The summed E-state index contributed by atoms with van der Waals surface area (Å²) in [5, 5.41) is 0. The maximum absolute atomic E-state index is 12.2. The molecule has 18 heavy (non-hydrogen) atoms. The van der Waals surface area contributed by atoms with E-state index in [9.17, 15) is 8.42 Å². The maximum atomic E-state index is 12.2. The van der Waals surface area contributed by atoms with Crippen LogP contribution in [0.5, 0.6) is 0 Å². The predicted molar refractivity (Wildman–Crippen MR) is 76.4 cm³/mol. The SMILES string of the molecule is CCc1cccc(C)c1N(C)S(=O)(=O)CCCN. The third-order valence-corrected chi connectivity index (χ3v) is 4.86. The third kappa shape index (κ3) is 3.23. The molecule has 4 nitrogen and oxygen atoms in total. The Hall–Kier alpha value is -1.07. The standard InChI is InChI=1S/C13H22N2O2S/c1-4-12-8-5-7-11(2)13(12)15(3)18(16,17)10-6-9-14/h5,7-8H,4,6,9-10,14H2,1-3H3. The minimum absolute atomic E-state index is 0.0947. The molecule has 0 atom stereocenters. The number of nitrogens with two attached hydrogens (primary N) is 1. The van der Waals surface area contributed by atoms with Crippen LogP contribution in [-0.2, 0) is 16.4 Å². The molecular weight excluding hydrogens is 248 g/mol. The molecule has 102 valence electrons. The van der Waals surface area contributed by atoms with Gasteiger partial charge in [0.2, 0.25) is 10.0 Å². The molecule has 1 aromatic carbocycles. The van der Waals surface area contributed by atoms with Crippen molar-refractivity contribution in [3.05, 3.63) is 29.3 Å². The molecular formula is C13H22N2O2S. The summed E-state index contributed by atoms with van der Waals surface area (Å²) in [6.07, 6.45) is 1.30. The van der Waals surface area contributed by atoms with E-state index in [2.05, 4.69) is 0 Å². The second kappa shape index (κ2) is 6.20. The van der Waals surface area contributed by atoms with Crippen LogP contribution in [0.3, 0.4) is 0 Å². The van der Waals surface area contributed by atoms with Crippen LogP contribution in [0.4, 0.5) is 5.69 Å². The first kappa shape index (κ1) is 15.0. The van der Waals surface area contributed by atoms with Gasteiger partial charge in [0.15, 0.2) is 0 Å². The predicted octanol–water partition coefficient (Wildman–Crippen LogP) is 1.67. The minimum Gasteiger partial charge on any atom is -0.330 e. The number of hydrogen-bond acceptors (Lipinski definition) is 3. The van der Waals surface area contributed by atoms with Gasteiger partial charge in [-0.15, -0.1) is 0 Å². The summed E-state index contributed by atoms with van der Waals surface area (Å²) in [7, 11) is -1.66. The van der Waals surface area contributed by atoms with E-state index < -0.39 is 10.0 Å². The summed E-state index contributed by atoms with van der Waals surface area (Å²) in [6, 6.07) is 5.86. The number of nitrogens with zero attached hydrogens (tertiary/aromatic N) is 1. The Morgan fingerprint density at radius 2 is 2.00 bits per heavy atom. The zero-order valence-corrected chi connectivity index (χ0v) is 12.1. The van der Waals surface area contributed by atoms with Gasteiger partial charge in [0.25, 0.3) is 0 Å². The molecule has 0 aliphatic carbocycles. The van der Waals surface area contributed by atoms with E-state index in [-0.39, 0.29) is 5.75 Å². The van der Waals surface area contributed by atoms with Gasteiger partial charge in [0.1, 0.15) is 0 Å². The van der Waals surface area contributed by atoms with E-state index in [0.717, 1.165) is 23.2 Å². The zero-order chi connectivity index (χ0) is 13.8. The number of hydrogen-bond donors (Lipinski definition) is 1. The van der Waals surface area contributed by atoms with Crippen molar-refractivity contribution in [1.82, 2.24) is 0 Å². The highest BCUT2D eigenvalue weighted by Gasteiger charge is 2.21. The van der Waals surface area contributed by atoms with Gasteiger partial charge in [0, 0.05) is 7.05 Å². The molecule has 0 aliphatic heterocycles. The van der Waals surface area contributed by atoms with Crippen molar-refractivity contribution in [2.45, 2.75) is 26.7 Å². The maximum Gasteiger partial charge on any atom is 0.234 e. The first-order chi connectivity index (χ1) is 8.44. The smallest absolute Gasteiger partial charge is 0.234 e. The molecule has 1 rings (SSSR count). The number of sulfonamides is 1. The zero-order valence-electron chi connectivity index (χ0n) is 11.3. The Balaban J connectivity index is 3.14. The Bertz CT molecular complexity index is 498. The summed E-state index contributed by atoms with van der Waals surface area (Å²) in [4.78, 5) is 0. The molecule has 0 radical (unpaired) electrons. The number of para-hydroxylation sites is 1. The number of aryl methyl sites for hydroxylation is 2. The molecule has 0 fully saturated rings. The average molecular weight is 270 g/mol. The fourth-order valence-corrected chi connectivity index (χ4v) is 3.34. The Kier molecular flexibility index (Phi) is 5.16. The third-order valence-electron chi connectivity index (χ3n) is 3.04. The van der Waals surface area contributed by atoms with Crippen LogP contribution in [0.2, 0.25) is 0 Å². The average Bonchev–Trinajstić information content (AvgIpc) is 2.35. The van der Waals surface area contributed by atoms with Crippen LogP contribution in [0, 0.1) is 6.92 Å². The second-order valence-corrected chi connectivity index (χ2v) is 6.48. The summed E-state index contributed by atoms with van der Waals surface area (Å²) >= 11 is 0. The van der Waals surface area contributed by atoms with Crippen molar-refractivity contribution in [2.75, 3.05) is 23.7 Å². The van der Waals surface area contributed by atoms with Crippen LogP contribution in [0.25, 0.3) is 0 Å². The Morgan fingerprint density at radius 3 is 2.56 bits per heavy atom. The number of anilines is 1. The van der Waals surface area contributed by atoms with Gasteiger partial charge >= 0.3 is 0 Å². The lowest BCUT2D eigenvalue weighted by molar-refractivity contribution is 0.591. The fraction of sp³-hybridized carbons (Fsp3) is 0.538. The lowest BCUT2D eigenvalue weighted by Gasteiger charge is -2.24. The van der Waals surface area contributed by atoms with E-state index in [1.807, 2.05) is 32.0 Å². The summed E-state index contributed by atoms with van der Waals surface area (Å²) in [5.41, 5.74) is 8.21. The Labute approximate surface area is 110 Å². The van der Waals surface area contributed by atoms with Crippen LogP contribution in [0.15, 0.2) is 18.2 Å². The van der Waals surface area contributed by atoms with Crippen molar-refractivity contribution in [1.29, 1.82) is 0 Å². The van der Waals surface area contributed by atoms with Crippen LogP contribution >= 0.6 is 0 Å². The minimum atomic E-state index is -3.28. The summed E-state index contributed by atoms with van der Waals surface area (Å²) < 4.78 is 25.8. The number of benzene rings is 1. The summed E-state index contributed by atoms with van der Waals surface area (Å²) in [6.45, 7) is 4.35. The molecule has 0 saturated heterocycles. The van der Waals surface area contributed by atoms with Crippen molar-refractivity contribution in [3.63, 3.8) is 0 Å². The van der Waals surface area contributed by atoms with E-state index in [1.165, 1.54) is 4.31 Å². The molecule has 0 aromatic heterocycles. The molecule has 0 saturated carbocycles. The van der Waals surface area contributed by atoms with Crippen molar-refractivity contribution in [3.8, 4) is 0 Å². The van der Waals surface area contributed by atoms with Gasteiger partial charge in [-0.2, -0.15) is 0 Å². The quantitative estimate of drug-likeness (QED) is 0.855. The highest BCUT2D eigenvalue weighted by molar-refractivity contribution is 7.92. The van der Waals surface area contributed by atoms with E-state index in [0.29, 0.717) is 13.0 Å².